The minimum absolute atomic E-state index is 0.686. The van der Waals surface area contributed by atoms with Gasteiger partial charge in [-0.2, -0.15) is 0 Å². The van der Waals surface area contributed by atoms with E-state index in [4.69, 9.17) is 0 Å². The van der Waals surface area contributed by atoms with Crippen LogP contribution in [0.4, 0.5) is 0 Å². The Morgan fingerprint density at radius 3 is 1.14 bits per heavy atom. The maximum absolute atomic E-state index is 9.39. The van der Waals surface area contributed by atoms with E-state index in [-0.39, 0.29) is 0 Å². The highest BCUT2D eigenvalue weighted by atomic mass is 16.3. The zero-order valence-electron chi connectivity index (χ0n) is 15.7. The van der Waals surface area contributed by atoms with Crippen molar-refractivity contribution < 1.29 is 5.11 Å². The van der Waals surface area contributed by atoms with Crippen LogP contribution in [-0.4, -0.2) is 5.11 Å². The Bertz CT molecular complexity index is 190. The molecule has 0 spiro atoms. The fourth-order valence-electron chi connectivity index (χ4n) is 3.05. The highest BCUT2D eigenvalue weighted by Gasteiger charge is 2.00. The van der Waals surface area contributed by atoms with E-state index in [2.05, 4.69) is 6.92 Å². The predicted molar refractivity (Wildman–Crippen MR) is 99.6 cm³/mol. The number of hydrogen-bond donors (Lipinski definition) is 1. The first-order valence-corrected chi connectivity index (χ1v) is 10.3. The Balaban J connectivity index is 2.97. The molecule has 0 saturated heterocycles. The summed E-state index contributed by atoms with van der Waals surface area (Å²) in [5, 5.41) is 9.39. The monoisotopic (exact) mass is 311 g/mol. The van der Waals surface area contributed by atoms with Crippen molar-refractivity contribution in [3.8, 4) is 0 Å². The van der Waals surface area contributed by atoms with Gasteiger partial charge in [0, 0.05) is 0 Å². The molecule has 0 aliphatic rings. The second-order valence-electron chi connectivity index (χ2n) is 6.97. The van der Waals surface area contributed by atoms with E-state index in [0.717, 1.165) is 12.8 Å². The van der Waals surface area contributed by atoms with E-state index in [1.165, 1.54) is 103 Å². The second kappa shape index (κ2) is 19.0. The topological polar surface area (TPSA) is 20.2 Å². The zero-order valence-corrected chi connectivity index (χ0v) is 15.7. The number of rotatable bonds is 18. The van der Waals surface area contributed by atoms with Gasteiger partial charge in [-0.15, -0.1) is 0 Å². The van der Waals surface area contributed by atoms with Crippen LogP contribution in [0.15, 0.2) is 0 Å². The first-order chi connectivity index (χ1) is 10.8. The second-order valence-corrected chi connectivity index (χ2v) is 6.97. The summed E-state index contributed by atoms with van der Waals surface area (Å²) < 4.78 is 0. The molecule has 0 fully saturated rings. The van der Waals surface area contributed by atoms with Crippen LogP contribution in [0, 0.1) is 6.10 Å². The number of unbranched alkanes of at least 4 members (excludes halogenated alkanes) is 15. The molecule has 0 unspecified atom stereocenters. The summed E-state index contributed by atoms with van der Waals surface area (Å²) in [5.74, 6) is 0. The van der Waals surface area contributed by atoms with E-state index >= 15 is 0 Å². The standard InChI is InChI=1S/C21H43O/c1-3-5-6-7-8-9-10-11-12-13-14-15-16-17-18-19-20-21(22)4-2/h22H,3-20H2,1-2H3. The van der Waals surface area contributed by atoms with Crippen LogP contribution in [0.3, 0.4) is 0 Å². The van der Waals surface area contributed by atoms with E-state index in [9.17, 15) is 5.11 Å². The number of aliphatic hydroxyl groups excluding tert-OH is 1. The molecule has 1 N–H and O–H groups in total. The summed E-state index contributed by atoms with van der Waals surface area (Å²) in [6.07, 6.45) is 25.0. The lowest BCUT2D eigenvalue weighted by Crippen LogP contribution is -1.93. The first-order valence-electron chi connectivity index (χ1n) is 10.3. The minimum atomic E-state index is 0.686. The third-order valence-electron chi connectivity index (χ3n) is 4.73. The maximum Gasteiger partial charge on any atom is 0.0930 e. The molecule has 1 heteroatoms. The van der Waals surface area contributed by atoms with Gasteiger partial charge in [-0.3, -0.25) is 0 Å². The summed E-state index contributed by atoms with van der Waals surface area (Å²) in [6, 6.07) is 0. The van der Waals surface area contributed by atoms with Crippen molar-refractivity contribution in [2.75, 3.05) is 0 Å². The molecule has 1 radical (unpaired) electrons. The van der Waals surface area contributed by atoms with Crippen LogP contribution < -0.4 is 0 Å². The highest BCUT2D eigenvalue weighted by Crippen LogP contribution is 2.16. The van der Waals surface area contributed by atoms with Gasteiger partial charge in [0.25, 0.3) is 0 Å². The fourth-order valence-corrected chi connectivity index (χ4v) is 3.05. The van der Waals surface area contributed by atoms with Crippen molar-refractivity contribution in [3.05, 3.63) is 6.10 Å². The molecule has 0 aliphatic carbocycles. The molecule has 0 aromatic carbocycles. The van der Waals surface area contributed by atoms with Gasteiger partial charge in [-0.1, -0.05) is 117 Å². The van der Waals surface area contributed by atoms with Crippen LogP contribution >= 0.6 is 0 Å². The quantitative estimate of drug-likeness (QED) is 0.255. The number of hydrogen-bond acceptors (Lipinski definition) is 1. The fraction of sp³-hybridized carbons (Fsp3) is 0.952. The summed E-state index contributed by atoms with van der Waals surface area (Å²) in [5.41, 5.74) is 0. The van der Waals surface area contributed by atoms with Gasteiger partial charge in [0.1, 0.15) is 0 Å². The summed E-state index contributed by atoms with van der Waals surface area (Å²) in [4.78, 5) is 0. The number of aliphatic hydroxyl groups is 1. The lowest BCUT2D eigenvalue weighted by Gasteiger charge is -2.06. The van der Waals surface area contributed by atoms with Crippen molar-refractivity contribution in [1.29, 1.82) is 0 Å². The van der Waals surface area contributed by atoms with E-state index < -0.39 is 0 Å². The van der Waals surface area contributed by atoms with E-state index in [0.29, 0.717) is 6.10 Å². The van der Waals surface area contributed by atoms with Crippen molar-refractivity contribution >= 4 is 0 Å². The van der Waals surface area contributed by atoms with Crippen LogP contribution in [0.25, 0.3) is 0 Å². The third-order valence-corrected chi connectivity index (χ3v) is 4.73. The van der Waals surface area contributed by atoms with E-state index in [1.54, 1.807) is 0 Å². The molecule has 0 amide bonds. The molecule has 0 aliphatic heterocycles. The summed E-state index contributed by atoms with van der Waals surface area (Å²) in [7, 11) is 0. The van der Waals surface area contributed by atoms with Crippen molar-refractivity contribution in [2.45, 2.75) is 129 Å². The SMILES string of the molecule is CCCCCCCCCCCCCCCCCC[C](O)CC. The molecule has 0 heterocycles. The lowest BCUT2D eigenvalue weighted by molar-refractivity contribution is 0.268. The largest absolute Gasteiger partial charge is 0.387 e. The molecular formula is C21H43O. The minimum Gasteiger partial charge on any atom is -0.387 e. The van der Waals surface area contributed by atoms with Crippen molar-refractivity contribution in [1.82, 2.24) is 0 Å². The van der Waals surface area contributed by atoms with Gasteiger partial charge in [-0.25, -0.2) is 0 Å². The molecule has 0 rings (SSSR count). The van der Waals surface area contributed by atoms with Gasteiger partial charge >= 0.3 is 0 Å². The van der Waals surface area contributed by atoms with Gasteiger partial charge in [0.05, 0.1) is 6.10 Å². The molecule has 133 valence electrons. The Kier molecular flexibility index (Phi) is 19.0. The zero-order chi connectivity index (χ0) is 16.3. The molecule has 22 heavy (non-hydrogen) atoms. The molecule has 0 bridgehead atoms. The molecule has 0 atom stereocenters. The Hall–Kier alpha value is -0.0400. The highest BCUT2D eigenvalue weighted by molar-refractivity contribution is 4.71. The Labute approximate surface area is 141 Å². The van der Waals surface area contributed by atoms with Crippen molar-refractivity contribution in [2.24, 2.45) is 0 Å². The Morgan fingerprint density at radius 2 is 0.818 bits per heavy atom. The van der Waals surface area contributed by atoms with E-state index in [1.807, 2.05) is 6.92 Å². The molecule has 1 nitrogen and oxygen atoms in total. The van der Waals surface area contributed by atoms with Crippen molar-refractivity contribution in [3.63, 3.8) is 0 Å². The molecular weight excluding hydrogens is 268 g/mol. The summed E-state index contributed by atoms with van der Waals surface area (Å²) >= 11 is 0. The third kappa shape index (κ3) is 18.0. The normalized spacial score (nSPS) is 11.5. The molecule has 0 aromatic rings. The van der Waals surface area contributed by atoms with Gasteiger partial charge in [-0.05, 0) is 12.8 Å². The first kappa shape index (κ1) is 22.0. The van der Waals surface area contributed by atoms with Crippen LogP contribution in [-0.2, 0) is 0 Å². The summed E-state index contributed by atoms with van der Waals surface area (Å²) in [6.45, 7) is 4.32. The van der Waals surface area contributed by atoms with Gasteiger partial charge < -0.3 is 5.11 Å². The maximum atomic E-state index is 9.39. The van der Waals surface area contributed by atoms with Crippen LogP contribution in [0.2, 0.25) is 0 Å². The van der Waals surface area contributed by atoms with Gasteiger partial charge in [0.2, 0.25) is 0 Å². The average Bonchev–Trinajstić information content (AvgIpc) is 2.54. The molecule has 0 aromatic heterocycles. The predicted octanol–water partition coefficient (Wildman–Crippen LogP) is 7.95. The lowest BCUT2D eigenvalue weighted by atomic mass is 10.0. The molecule has 0 saturated carbocycles. The average molecular weight is 312 g/mol. The van der Waals surface area contributed by atoms with Crippen LogP contribution in [0.5, 0.6) is 0 Å². The Morgan fingerprint density at radius 1 is 0.500 bits per heavy atom. The smallest absolute Gasteiger partial charge is 0.0930 e. The van der Waals surface area contributed by atoms with Crippen LogP contribution in [0.1, 0.15) is 129 Å². The van der Waals surface area contributed by atoms with Gasteiger partial charge in [0.15, 0.2) is 0 Å².